The molecule has 16 heavy (non-hydrogen) atoms. The fourth-order valence-electron chi connectivity index (χ4n) is 2.10. The highest BCUT2D eigenvalue weighted by Crippen LogP contribution is 2.26. The maximum Gasteiger partial charge on any atom is 0.249 e. The number of hydrogen-bond donors (Lipinski definition) is 1. The second kappa shape index (κ2) is 6.49. The molecule has 1 fully saturated rings. The number of methoxy groups -OCH3 is 1. The predicted molar refractivity (Wildman–Crippen MR) is 60.6 cm³/mol. The molecule has 0 radical (unpaired) electrons. The summed E-state index contributed by atoms with van der Waals surface area (Å²) in [7, 11) is 1.49. The van der Waals surface area contributed by atoms with Gasteiger partial charge in [-0.2, -0.15) is 5.26 Å². The smallest absolute Gasteiger partial charge is 0.249 e. The first-order valence-electron chi connectivity index (χ1n) is 5.91. The zero-order chi connectivity index (χ0) is 12.0. The topological polar surface area (TPSA) is 62.1 Å². The van der Waals surface area contributed by atoms with E-state index in [2.05, 4.69) is 11.4 Å². The van der Waals surface area contributed by atoms with Crippen LogP contribution in [0, 0.1) is 17.2 Å². The van der Waals surface area contributed by atoms with Gasteiger partial charge in [-0.25, -0.2) is 0 Å². The van der Waals surface area contributed by atoms with Crippen LogP contribution in [0.25, 0.3) is 0 Å². The van der Waals surface area contributed by atoms with Gasteiger partial charge in [0.15, 0.2) is 0 Å². The zero-order valence-electron chi connectivity index (χ0n) is 10.0. The molecule has 0 unspecified atom stereocenters. The molecule has 0 aromatic heterocycles. The first kappa shape index (κ1) is 13.0. The molecule has 90 valence electrons. The normalized spacial score (nSPS) is 20.8. The lowest BCUT2D eigenvalue weighted by Crippen LogP contribution is -2.44. The molecule has 1 rings (SSSR count). The molecule has 1 aliphatic rings. The van der Waals surface area contributed by atoms with Crippen LogP contribution in [0.1, 0.15) is 39.0 Å². The molecule has 1 aliphatic carbocycles. The maximum absolute atomic E-state index is 11.6. The van der Waals surface area contributed by atoms with E-state index in [1.807, 2.05) is 0 Å². The van der Waals surface area contributed by atoms with Gasteiger partial charge < -0.3 is 10.1 Å². The summed E-state index contributed by atoms with van der Waals surface area (Å²) in [6.45, 7) is 1.69. The van der Waals surface area contributed by atoms with Crippen molar-refractivity contribution in [1.82, 2.24) is 5.32 Å². The molecule has 2 atom stereocenters. The number of carbonyl (C=O) groups is 1. The van der Waals surface area contributed by atoms with Crippen molar-refractivity contribution in [2.75, 3.05) is 7.11 Å². The lowest BCUT2D eigenvalue weighted by Gasteiger charge is -2.27. The Hall–Kier alpha value is -1.08. The van der Waals surface area contributed by atoms with Gasteiger partial charge in [-0.15, -0.1) is 0 Å². The van der Waals surface area contributed by atoms with Crippen LogP contribution in [0.3, 0.4) is 0 Å². The summed E-state index contributed by atoms with van der Waals surface area (Å²) >= 11 is 0. The Labute approximate surface area is 97.0 Å². The van der Waals surface area contributed by atoms with Crippen LogP contribution in [0.4, 0.5) is 0 Å². The Bertz CT molecular complexity index is 267. The molecule has 1 saturated carbocycles. The second-order valence-electron chi connectivity index (χ2n) is 4.39. The monoisotopic (exact) mass is 224 g/mol. The van der Waals surface area contributed by atoms with Crippen LogP contribution in [0.5, 0.6) is 0 Å². The molecule has 1 N–H and O–H groups in total. The van der Waals surface area contributed by atoms with Crippen molar-refractivity contribution >= 4 is 5.91 Å². The lowest BCUT2D eigenvalue weighted by atomic mass is 9.84. The molecular formula is C12H20N2O2. The number of nitriles is 1. The summed E-state index contributed by atoms with van der Waals surface area (Å²) in [4.78, 5) is 11.6. The van der Waals surface area contributed by atoms with Crippen molar-refractivity contribution < 1.29 is 9.53 Å². The standard InChI is InChI=1S/C12H20N2O2/c1-9(16-2)12(15)14-11(8-13)10-6-4-3-5-7-10/h9-11H,3-7H2,1-2H3,(H,14,15)/t9-,11-/m1/s1. The highest BCUT2D eigenvalue weighted by atomic mass is 16.5. The number of ether oxygens (including phenoxy) is 1. The summed E-state index contributed by atoms with van der Waals surface area (Å²) < 4.78 is 4.92. The largest absolute Gasteiger partial charge is 0.372 e. The minimum Gasteiger partial charge on any atom is -0.372 e. The van der Waals surface area contributed by atoms with Crippen LogP contribution in [-0.2, 0) is 9.53 Å². The van der Waals surface area contributed by atoms with E-state index in [1.54, 1.807) is 6.92 Å². The minimum atomic E-state index is -0.487. The third-order valence-electron chi connectivity index (χ3n) is 3.28. The molecule has 0 bridgehead atoms. The van der Waals surface area contributed by atoms with Crippen molar-refractivity contribution in [3.63, 3.8) is 0 Å². The summed E-state index contributed by atoms with van der Waals surface area (Å²) in [6, 6.07) is 1.84. The van der Waals surface area contributed by atoms with Gasteiger partial charge in [0.2, 0.25) is 5.91 Å². The lowest BCUT2D eigenvalue weighted by molar-refractivity contribution is -0.130. The number of rotatable bonds is 4. The van der Waals surface area contributed by atoms with Crippen molar-refractivity contribution in [2.24, 2.45) is 5.92 Å². The zero-order valence-corrected chi connectivity index (χ0v) is 10.0. The Morgan fingerprint density at radius 3 is 2.56 bits per heavy atom. The summed E-state index contributed by atoms with van der Waals surface area (Å²) in [6.07, 6.45) is 5.17. The van der Waals surface area contributed by atoms with Crippen LogP contribution < -0.4 is 5.32 Å². The molecule has 0 aromatic carbocycles. The van der Waals surface area contributed by atoms with Crippen molar-refractivity contribution in [3.8, 4) is 6.07 Å². The number of carbonyl (C=O) groups excluding carboxylic acids is 1. The Balaban J connectivity index is 2.48. The van der Waals surface area contributed by atoms with E-state index < -0.39 is 6.10 Å². The van der Waals surface area contributed by atoms with Crippen molar-refractivity contribution in [3.05, 3.63) is 0 Å². The second-order valence-corrected chi connectivity index (χ2v) is 4.39. The van der Waals surface area contributed by atoms with Crippen molar-refractivity contribution in [1.29, 1.82) is 5.26 Å². The van der Waals surface area contributed by atoms with Crippen LogP contribution in [-0.4, -0.2) is 25.2 Å². The fraction of sp³-hybridized carbons (Fsp3) is 0.833. The Morgan fingerprint density at radius 2 is 2.06 bits per heavy atom. The number of amides is 1. The summed E-state index contributed by atoms with van der Waals surface area (Å²) in [5.74, 6) is 0.117. The van der Waals surface area contributed by atoms with E-state index in [9.17, 15) is 4.79 Å². The van der Waals surface area contributed by atoms with Gasteiger partial charge >= 0.3 is 0 Å². The van der Waals surface area contributed by atoms with Gasteiger partial charge in [0.1, 0.15) is 12.1 Å². The highest BCUT2D eigenvalue weighted by molar-refractivity contribution is 5.80. The van der Waals surface area contributed by atoms with Gasteiger partial charge in [-0.05, 0) is 25.7 Å². The Morgan fingerprint density at radius 1 is 1.44 bits per heavy atom. The van der Waals surface area contributed by atoms with Crippen LogP contribution in [0.15, 0.2) is 0 Å². The first-order chi connectivity index (χ1) is 7.69. The maximum atomic E-state index is 11.6. The quantitative estimate of drug-likeness (QED) is 0.789. The number of nitrogens with one attached hydrogen (secondary N) is 1. The summed E-state index contributed by atoms with van der Waals surface area (Å²) in [5.41, 5.74) is 0. The predicted octanol–water partition coefficient (Wildman–Crippen LogP) is 1.61. The van der Waals surface area contributed by atoms with E-state index in [0.29, 0.717) is 5.92 Å². The average Bonchev–Trinajstić information content (AvgIpc) is 2.35. The van der Waals surface area contributed by atoms with E-state index in [-0.39, 0.29) is 11.9 Å². The Kier molecular flexibility index (Phi) is 5.27. The van der Waals surface area contributed by atoms with Crippen LogP contribution >= 0.6 is 0 Å². The van der Waals surface area contributed by atoms with Gasteiger partial charge in [0.25, 0.3) is 0 Å². The molecule has 4 heteroatoms. The molecule has 0 aliphatic heterocycles. The third kappa shape index (κ3) is 3.49. The molecule has 1 amide bonds. The molecule has 0 heterocycles. The van der Waals surface area contributed by atoms with E-state index >= 15 is 0 Å². The third-order valence-corrected chi connectivity index (χ3v) is 3.28. The van der Waals surface area contributed by atoms with Crippen molar-refractivity contribution in [2.45, 2.75) is 51.2 Å². The molecule has 0 spiro atoms. The van der Waals surface area contributed by atoms with E-state index in [1.165, 1.54) is 26.4 Å². The van der Waals surface area contributed by atoms with Crippen LogP contribution in [0.2, 0.25) is 0 Å². The SMILES string of the molecule is CO[C@H](C)C(=O)N[C@H](C#N)C1CCCCC1. The fourth-order valence-corrected chi connectivity index (χ4v) is 2.10. The number of nitrogens with zero attached hydrogens (tertiary/aromatic N) is 1. The highest BCUT2D eigenvalue weighted by Gasteiger charge is 2.26. The van der Waals surface area contributed by atoms with E-state index in [0.717, 1.165) is 12.8 Å². The number of hydrogen-bond acceptors (Lipinski definition) is 3. The summed E-state index contributed by atoms with van der Waals surface area (Å²) in [5, 5.41) is 11.8. The molecule has 0 aromatic rings. The molecule has 0 saturated heterocycles. The molecule has 4 nitrogen and oxygen atoms in total. The van der Waals surface area contributed by atoms with Gasteiger partial charge in [-0.1, -0.05) is 19.3 Å². The molecular weight excluding hydrogens is 204 g/mol. The first-order valence-corrected chi connectivity index (χ1v) is 5.91. The van der Waals surface area contributed by atoms with Gasteiger partial charge in [0.05, 0.1) is 6.07 Å². The van der Waals surface area contributed by atoms with E-state index in [4.69, 9.17) is 10.00 Å². The van der Waals surface area contributed by atoms with Gasteiger partial charge in [-0.3, -0.25) is 4.79 Å². The average molecular weight is 224 g/mol. The van der Waals surface area contributed by atoms with Gasteiger partial charge in [0, 0.05) is 7.11 Å². The minimum absolute atomic E-state index is 0.195.